The first-order valence-corrected chi connectivity index (χ1v) is 6.15. The molecule has 0 aromatic rings. The number of hydrogen-bond acceptors (Lipinski definition) is 3. The summed E-state index contributed by atoms with van der Waals surface area (Å²) in [5.74, 6) is 1.44. The van der Waals surface area contributed by atoms with Gasteiger partial charge in [-0.1, -0.05) is 26.2 Å². The minimum absolute atomic E-state index is 0.273. The van der Waals surface area contributed by atoms with Crippen LogP contribution in [-0.4, -0.2) is 29.1 Å². The van der Waals surface area contributed by atoms with Crippen molar-refractivity contribution in [2.75, 3.05) is 18.9 Å². The third-order valence-corrected chi connectivity index (χ3v) is 3.48. The Morgan fingerprint density at radius 1 is 1.54 bits per heavy atom. The lowest BCUT2D eigenvalue weighted by molar-refractivity contribution is 0.254. The van der Waals surface area contributed by atoms with Crippen molar-refractivity contribution in [1.29, 1.82) is 0 Å². The molecule has 0 aliphatic carbocycles. The predicted molar refractivity (Wildman–Crippen MR) is 59.5 cm³/mol. The Kier molecular flexibility index (Phi) is 5.47. The Morgan fingerprint density at radius 2 is 2.38 bits per heavy atom. The molecule has 1 aliphatic heterocycles. The molecule has 1 rings (SSSR count). The molecule has 1 heterocycles. The van der Waals surface area contributed by atoms with Crippen LogP contribution >= 0.6 is 11.8 Å². The van der Waals surface area contributed by atoms with Crippen molar-refractivity contribution in [3.8, 4) is 0 Å². The first-order valence-electron chi connectivity index (χ1n) is 5.16. The highest BCUT2D eigenvalue weighted by Crippen LogP contribution is 2.22. The molecule has 0 spiro atoms. The standard InChI is InChI=1S/C10H19NOS/c1-2-3-4-5-9(8-12)10-11-6-7-13-10/h9,12H,2-8H2,1H3. The van der Waals surface area contributed by atoms with Crippen molar-refractivity contribution >= 4 is 16.8 Å². The van der Waals surface area contributed by atoms with Crippen LogP contribution in [0.15, 0.2) is 4.99 Å². The maximum Gasteiger partial charge on any atom is 0.0730 e. The summed E-state index contributed by atoms with van der Waals surface area (Å²) < 4.78 is 0. The molecule has 1 aliphatic rings. The van der Waals surface area contributed by atoms with Crippen LogP contribution in [0.4, 0.5) is 0 Å². The van der Waals surface area contributed by atoms with Crippen LogP contribution in [0.2, 0.25) is 0 Å². The summed E-state index contributed by atoms with van der Waals surface area (Å²) >= 11 is 1.82. The van der Waals surface area contributed by atoms with Gasteiger partial charge in [-0.3, -0.25) is 4.99 Å². The van der Waals surface area contributed by atoms with E-state index in [0.29, 0.717) is 5.92 Å². The molecule has 0 aromatic heterocycles. The Balaban J connectivity index is 2.25. The highest BCUT2D eigenvalue weighted by molar-refractivity contribution is 8.14. The Morgan fingerprint density at radius 3 is 2.92 bits per heavy atom. The third kappa shape index (κ3) is 3.69. The molecule has 0 saturated heterocycles. The highest BCUT2D eigenvalue weighted by Gasteiger charge is 2.17. The molecular weight excluding hydrogens is 182 g/mol. The van der Waals surface area contributed by atoms with Crippen LogP contribution < -0.4 is 0 Å². The number of aliphatic hydroxyl groups is 1. The monoisotopic (exact) mass is 201 g/mol. The van der Waals surface area contributed by atoms with E-state index < -0.39 is 0 Å². The van der Waals surface area contributed by atoms with Crippen molar-refractivity contribution in [2.45, 2.75) is 32.6 Å². The van der Waals surface area contributed by atoms with Crippen molar-refractivity contribution in [1.82, 2.24) is 0 Å². The van der Waals surface area contributed by atoms with Crippen molar-refractivity contribution in [3.63, 3.8) is 0 Å². The molecule has 2 nitrogen and oxygen atoms in total. The van der Waals surface area contributed by atoms with Crippen LogP contribution in [0.5, 0.6) is 0 Å². The topological polar surface area (TPSA) is 32.6 Å². The smallest absolute Gasteiger partial charge is 0.0730 e. The average molecular weight is 201 g/mol. The van der Waals surface area contributed by atoms with Crippen LogP contribution in [0, 0.1) is 5.92 Å². The van der Waals surface area contributed by atoms with Gasteiger partial charge in [0.1, 0.15) is 0 Å². The molecule has 0 saturated carbocycles. The number of hydrogen-bond donors (Lipinski definition) is 1. The van der Waals surface area contributed by atoms with E-state index in [1.807, 2.05) is 11.8 Å². The summed E-state index contributed by atoms with van der Waals surface area (Å²) in [5.41, 5.74) is 0. The molecule has 0 aromatic carbocycles. The first-order chi connectivity index (χ1) is 6.38. The van der Waals surface area contributed by atoms with E-state index in [0.717, 1.165) is 18.7 Å². The fraction of sp³-hybridized carbons (Fsp3) is 0.900. The third-order valence-electron chi connectivity index (χ3n) is 2.33. The summed E-state index contributed by atoms with van der Waals surface area (Å²) in [6.07, 6.45) is 4.85. The highest BCUT2D eigenvalue weighted by atomic mass is 32.2. The minimum Gasteiger partial charge on any atom is -0.396 e. The lowest BCUT2D eigenvalue weighted by Gasteiger charge is -2.12. The molecule has 1 unspecified atom stereocenters. The van der Waals surface area contributed by atoms with E-state index in [2.05, 4.69) is 11.9 Å². The second kappa shape index (κ2) is 6.44. The summed E-state index contributed by atoms with van der Waals surface area (Å²) in [7, 11) is 0. The predicted octanol–water partition coefficient (Wildman–Crippen LogP) is 2.32. The molecule has 76 valence electrons. The van der Waals surface area contributed by atoms with E-state index in [1.165, 1.54) is 24.3 Å². The van der Waals surface area contributed by atoms with Gasteiger partial charge in [-0.2, -0.15) is 0 Å². The van der Waals surface area contributed by atoms with Gasteiger partial charge in [-0.25, -0.2) is 0 Å². The fourth-order valence-corrected chi connectivity index (χ4v) is 2.53. The fourth-order valence-electron chi connectivity index (χ4n) is 1.53. The number of aliphatic imine (C=N–C) groups is 1. The van der Waals surface area contributed by atoms with Gasteiger partial charge in [0.05, 0.1) is 11.7 Å². The second-order valence-electron chi connectivity index (χ2n) is 3.44. The number of nitrogens with zero attached hydrogens (tertiary/aromatic N) is 1. The van der Waals surface area contributed by atoms with E-state index >= 15 is 0 Å². The van der Waals surface area contributed by atoms with Gasteiger partial charge in [0, 0.05) is 18.2 Å². The molecule has 0 bridgehead atoms. The Bertz CT molecular complexity index is 170. The second-order valence-corrected chi connectivity index (χ2v) is 4.56. The van der Waals surface area contributed by atoms with Crippen molar-refractivity contribution < 1.29 is 5.11 Å². The largest absolute Gasteiger partial charge is 0.396 e. The zero-order valence-corrected chi connectivity index (χ0v) is 9.15. The van der Waals surface area contributed by atoms with E-state index in [-0.39, 0.29) is 6.61 Å². The minimum atomic E-state index is 0.273. The summed E-state index contributed by atoms with van der Waals surface area (Å²) in [4.78, 5) is 4.41. The summed E-state index contributed by atoms with van der Waals surface area (Å²) in [5, 5.41) is 10.4. The molecule has 1 N–H and O–H groups in total. The summed E-state index contributed by atoms with van der Waals surface area (Å²) in [6, 6.07) is 0. The molecule has 0 amide bonds. The van der Waals surface area contributed by atoms with Crippen LogP contribution in [-0.2, 0) is 0 Å². The number of aliphatic hydroxyl groups excluding tert-OH is 1. The van der Waals surface area contributed by atoms with Gasteiger partial charge in [0.2, 0.25) is 0 Å². The van der Waals surface area contributed by atoms with Gasteiger partial charge in [0.25, 0.3) is 0 Å². The van der Waals surface area contributed by atoms with Gasteiger partial charge in [-0.05, 0) is 6.42 Å². The number of thioether (sulfide) groups is 1. The molecule has 0 radical (unpaired) electrons. The number of rotatable bonds is 6. The van der Waals surface area contributed by atoms with Gasteiger partial charge < -0.3 is 5.11 Å². The lowest BCUT2D eigenvalue weighted by atomic mass is 10.0. The van der Waals surface area contributed by atoms with Crippen LogP contribution in [0.25, 0.3) is 0 Å². The van der Waals surface area contributed by atoms with Crippen LogP contribution in [0.1, 0.15) is 32.6 Å². The van der Waals surface area contributed by atoms with E-state index in [9.17, 15) is 5.11 Å². The van der Waals surface area contributed by atoms with Crippen molar-refractivity contribution in [3.05, 3.63) is 0 Å². The average Bonchev–Trinajstić information content (AvgIpc) is 2.65. The van der Waals surface area contributed by atoms with Gasteiger partial charge in [-0.15, -0.1) is 11.8 Å². The quantitative estimate of drug-likeness (QED) is 0.669. The number of unbranched alkanes of at least 4 members (excludes halogenated alkanes) is 2. The lowest BCUT2D eigenvalue weighted by Crippen LogP contribution is -2.14. The van der Waals surface area contributed by atoms with Gasteiger partial charge >= 0.3 is 0 Å². The molecule has 3 heteroatoms. The molecule has 1 atom stereocenters. The maximum atomic E-state index is 9.19. The first kappa shape index (κ1) is 11.1. The molecular formula is C10H19NOS. The Hall–Kier alpha value is -0.0200. The SMILES string of the molecule is CCCCCC(CO)C1=NCCS1. The Labute approximate surface area is 84.8 Å². The maximum absolute atomic E-state index is 9.19. The normalized spacial score (nSPS) is 18.8. The van der Waals surface area contributed by atoms with E-state index in [1.54, 1.807) is 0 Å². The molecule has 0 fully saturated rings. The zero-order chi connectivity index (χ0) is 9.52. The van der Waals surface area contributed by atoms with Crippen molar-refractivity contribution in [2.24, 2.45) is 10.9 Å². The zero-order valence-electron chi connectivity index (χ0n) is 8.33. The molecule has 13 heavy (non-hydrogen) atoms. The summed E-state index contributed by atoms with van der Waals surface area (Å²) in [6.45, 7) is 3.43. The van der Waals surface area contributed by atoms with Crippen LogP contribution in [0.3, 0.4) is 0 Å². The van der Waals surface area contributed by atoms with Gasteiger partial charge in [0.15, 0.2) is 0 Å². The van der Waals surface area contributed by atoms with E-state index in [4.69, 9.17) is 0 Å².